The van der Waals surface area contributed by atoms with Gasteiger partial charge in [0.25, 0.3) is 0 Å². The van der Waals surface area contributed by atoms with Crippen LogP contribution in [0.1, 0.15) is 6.92 Å². The van der Waals surface area contributed by atoms with Crippen molar-refractivity contribution in [1.29, 1.82) is 0 Å². The molecule has 98 valence electrons. The van der Waals surface area contributed by atoms with Crippen molar-refractivity contribution in [3.05, 3.63) is 28.5 Å². The lowest BCUT2D eigenvalue weighted by Gasteiger charge is -2.15. The fraction of sp³-hybridized carbons (Fsp3) is 0.273. The van der Waals surface area contributed by atoms with Gasteiger partial charge in [0.05, 0.1) is 5.69 Å². The van der Waals surface area contributed by atoms with Crippen LogP contribution in [-0.4, -0.2) is 29.6 Å². The number of amides is 1. The zero-order valence-corrected chi connectivity index (χ0v) is 11.1. The van der Waals surface area contributed by atoms with Gasteiger partial charge in [-0.05, 0) is 18.2 Å². The lowest BCUT2D eigenvalue weighted by atomic mass is 10.2. The third kappa shape index (κ3) is 4.33. The number of rotatable bonds is 5. The van der Waals surface area contributed by atoms with E-state index in [0.29, 0.717) is 4.47 Å². The number of halogens is 2. The minimum Gasteiger partial charge on any atom is -0.480 e. The number of nitrogens with one attached hydrogen (secondary N) is 2. The van der Waals surface area contributed by atoms with Crippen molar-refractivity contribution in [2.45, 2.75) is 13.0 Å². The summed E-state index contributed by atoms with van der Waals surface area (Å²) >= 11 is 3.11. The van der Waals surface area contributed by atoms with E-state index in [1.54, 1.807) is 6.07 Å². The van der Waals surface area contributed by atoms with E-state index in [1.165, 1.54) is 19.1 Å². The van der Waals surface area contributed by atoms with Crippen LogP contribution in [0.2, 0.25) is 0 Å². The number of carboxylic acid groups (broad SMARTS) is 1. The molecule has 0 aromatic heterocycles. The van der Waals surface area contributed by atoms with Crippen LogP contribution in [0.5, 0.6) is 0 Å². The predicted octanol–water partition coefficient (Wildman–Crippen LogP) is 1.59. The molecule has 0 saturated heterocycles. The molecule has 1 aromatic rings. The number of aliphatic carboxylic acids is 1. The summed E-state index contributed by atoms with van der Waals surface area (Å²) in [6, 6.07) is 3.26. The van der Waals surface area contributed by atoms with Gasteiger partial charge in [0.15, 0.2) is 0 Å². The summed E-state index contributed by atoms with van der Waals surface area (Å²) in [6.45, 7) is 1.11. The van der Waals surface area contributed by atoms with Gasteiger partial charge in [-0.25, -0.2) is 9.18 Å². The molecule has 0 spiro atoms. The highest BCUT2D eigenvalue weighted by atomic mass is 79.9. The molecule has 7 heteroatoms. The Morgan fingerprint density at radius 3 is 2.67 bits per heavy atom. The molecule has 1 aromatic carbocycles. The number of carboxylic acids is 1. The first kappa shape index (κ1) is 14.4. The van der Waals surface area contributed by atoms with Crippen molar-refractivity contribution in [1.82, 2.24) is 5.32 Å². The summed E-state index contributed by atoms with van der Waals surface area (Å²) in [5, 5.41) is 13.7. The first-order valence-corrected chi connectivity index (χ1v) is 5.88. The van der Waals surface area contributed by atoms with Crippen molar-refractivity contribution in [3.8, 4) is 0 Å². The van der Waals surface area contributed by atoms with E-state index in [2.05, 4.69) is 26.6 Å². The summed E-state index contributed by atoms with van der Waals surface area (Å²) in [5.74, 6) is -2.15. The standard InChI is InChI=1S/C11H12BrFN2O3/c1-6(16)15-10(11(17)18)5-14-9-3-2-7(12)4-8(9)13/h2-4,10,14H,5H2,1H3,(H,15,16)(H,17,18). The Kier molecular flexibility index (Phi) is 5.08. The first-order chi connectivity index (χ1) is 8.40. The molecule has 0 aliphatic heterocycles. The lowest BCUT2D eigenvalue weighted by Crippen LogP contribution is -2.44. The molecule has 18 heavy (non-hydrogen) atoms. The molecular formula is C11H12BrFN2O3. The fourth-order valence-corrected chi connectivity index (χ4v) is 1.62. The first-order valence-electron chi connectivity index (χ1n) is 5.09. The van der Waals surface area contributed by atoms with Crippen LogP contribution in [0.15, 0.2) is 22.7 Å². The molecule has 0 saturated carbocycles. The van der Waals surface area contributed by atoms with Gasteiger partial charge in [0.1, 0.15) is 11.9 Å². The molecule has 0 aliphatic rings. The molecule has 0 heterocycles. The number of hydrogen-bond acceptors (Lipinski definition) is 3. The van der Waals surface area contributed by atoms with Crippen LogP contribution in [0.3, 0.4) is 0 Å². The Morgan fingerprint density at radius 2 is 2.17 bits per heavy atom. The number of hydrogen-bond donors (Lipinski definition) is 3. The van der Waals surface area contributed by atoms with Crippen LogP contribution < -0.4 is 10.6 Å². The van der Waals surface area contributed by atoms with Gasteiger partial charge in [-0.3, -0.25) is 4.79 Å². The van der Waals surface area contributed by atoms with E-state index in [1.807, 2.05) is 0 Å². The minimum atomic E-state index is -1.18. The molecule has 5 nitrogen and oxygen atoms in total. The van der Waals surface area contributed by atoms with E-state index in [0.717, 1.165) is 0 Å². The molecule has 0 aliphatic carbocycles. The summed E-state index contributed by atoms with van der Waals surface area (Å²) < 4.78 is 14.0. The maximum atomic E-state index is 13.4. The third-order valence-electron chi connectivity index (χ3n) is 2.10. The molecular weight excluding hydrogens is 307 g/mol. The average molecular weight is 319 g/mol. The second-order valence-corrected chi connectivity index (χ2v) is 4.51. The van der Waals surface area contributed by atoms with Crippen molar-refractivity contribution in [2.75, 3.05) is 11.9 Å². The molecule has 1 unspecified atom stereocenters. The Balaban J connectivity index is 2.66. The predicted molar refractivity (Wildman–Crippen MR) is 67.8 cm³/mol. The smallest absolute Gasteiger partial charge is 0.328 e. The van der Waals surface area contributed by atoms with Gasteiger partial charge in [-0.15, -0.1) is 0 Å². The summed E-state index contributed by atoms with van der Waals surface area (Å²) in [5.41, 5.74) is 0.176. The molecule has 1 rings (SSSR count). The third-order valence-corrected chi connectivity index (χ3v) is 2.60. The minimum absolute atomic E-state index is 0.104. The highest BCUT2D eigenvalue weighted by Gasteiger charge is 2.18. The van der Waals surface area contributed by atoms with Crippen LogP contribution >= 0.6 is 15.9 Å². The highest BCUT2D eigenvalue weighted by molar-refractivity contribution is 9.10. The van der Waals surface area contributed by atoms with Crippen molar-refractivity contribution in [2.24, 2.45) is 0 Å². The average Bonchev–Trinajstić information content (AvgIpc) is 2.25. The topological polar surface area (TPSA) is 78.4 Å². The maximum absolute atomic E-state index is 13.4. The summed E-state index contributed by atoms with van der Waals surface area (Å²) in [6.07, 6.45) is 0. The SMILES string of the molecule is CC(=O)NC(CNc1ccc(Br)cc1F)C(=O)O. The van der Waals surface area contributed by atoms with Crippen molar-refractivity contribution in [3.63, 3.8) is 0 Å². The Labute approximate surface area is 112 Å². The van der Waals surface area contributed by atoms with Crippen LogP contribution in [0.25, 0.3) is 0 Å². The Hall–Kier alpha value is -1.63. The zero-order chi connectivity index (χ0) is 13.7. The van der Waals surface area contributed by atoms with Crippen LogP contribution in [-0.2, 0) is 9.59 Å². The zero-order valence-electron chi connectivity index (χ0n) is 9.54. The fourth-order valence-electron chi connectivity index (χ4n) is 1.29. The van der Waals surface area contributed by atoms with Gasteiger partial charge >= 0.3 is 5.97 Å². The molecule has 1 amide bonds. The number of carbonyl (C=O) groups is 2. The molecule has 3 N–H and O–H groups in total. The lowest BCUT2D eigenvalue weighted by molar-refractivity contribution is -0.141. The summed E-state index contributed by atoms with van der Waals surface area (Å²) in [7, 11) is 0. The largest absolute Gasteiger partial charge is 0.480 e. The van der Waals surface area contributed by atoms with E-state index in [4.69, 9.17) is 5.11 Å². The van der Waals surface area contributed by atoms with Gasteiger partial charge in [0.2, 0.25) is 5.91 Å². The second-order valence-electron chi connectivity index (χ2n) is 3.60. The Morgan fingerprint density at radius 1 is 1.50 bits per heavy atom. The van der Waals surface area contributed by atoms with E-state index in [-0.39, 0.29) is 12.2 Å². The van der Waals surface area contributed by atoms with Gasteiger partial charge < -0.3 is 15.7 Å². The van der Waals surface area contributed by atoms with E-state index < -0.39 is 23.7 Å². The number of benzene rings is 1. The van der Waals surface area contributed by atoms with E-state index >= 15 is 0 Å². The van der Waals surface area contributed by atoms with Gasteiger partial charge in [0, 0.05) is 17.9 Å². The highest BCUT2D eigenvalue weighted by Crippen LogP contribution is 2.19. The normalized spacial score (nSPS) is 11.7. The number of carbonyl (C=O) groups excluding carboxylic acids is 1. The maximum Gasteiger partial charge on any atom is 0.328 e. The van der Waals surface area contributed by atoms with Gasteiger partial charge in [-0.1, -0.05) is 15.9 Å². The molecule has 0 radical (unpaired) electrons. The van der Waals surface area contributed by atoms with Gasteiger partial charge in [-0.2, -0.15) is 0 Å². The second kappa shape index (κ2) is 6.34. The quantitative estimate of drug-likeness (QED) is 0.770. The van der Waals surface area contributed by atoms with Crippen molar-refractivity contribution < 1.29 is 19.1 Å². The summed E-state index contributed by atoms with van der Waals surface area (Å²) in [4.78, 5) is 21.6. The monoisotopic (exact) mass is 318 g/mol. The Bertz CT molecular complexity index is 468. The molecule has 0 bridgehead atoms. The molecule has 1 atom stereocenters. The number of anilines is 1. The van der Waals surface area contributed by atoms with Crippen LogP contribution in [0, 0.1) is 5.82 Å². The van der Waals surface area contributed by atoms with Crippen LogP contribution in [0.4, 0.5) is 10.1 Å². The van der Waals surface area contributed by atoms with E-state index in [9.17, 15) is 14.0 Å². The molecule has 0 fully saturated rings. The van der Waals surface area contributed by atoms with Crippen molar-refractivity contribution >= 4 is 33.5 Å².